The van der Waals surface area contributed by atoms with Crippen LogP contribution in [0.15, 0.2) is 72.9 Å². The Morgan fingerprint density at radius 3 is 2.48 bits per heavy atom. The van der Waals surface area contributed by atoms with Crippen molar-refractivity contribution in [2.75, 3.05) is 10.6 Å². The minimum absolute atomic E-state index is 0.0666. The van der Waals surface area contributed by atoms with Crippen LogP contribution in [-0.2, 0) is 17.8 Å². The summed E-state index contributed by atoms with van der Waals surface area (Å²) in [5.41, 5.74) is 4.27. The molecule has 0 radical (unpaired) electrons. The molecule has 1 aromatic heterocycles. The molecule has 0 atom stereocenters. The number of anilines is 2. The predicted molar refractivity (Wildman–Crippen MR) is 102 cm³/mol. The van der Waals surface area contributed by atoms with Crippen molar-refractivity contribution in [1.29, 1.82) is 0 Å². The number of aromatic nitrogens is 1. The zero-order chi connectivity index (χ0) is 17.5. The maximum Gasteiger partial charge on any atom is 0.229 e. The van der Waals surface area contributed by atoms with E-state index in [9.17, 15) is 4.79 Å². The van der Waals surface area contributed by atoms with Crippen LogP contribution < -0.4 is 10.6 Å². The molecule has 1 heterocycles. The normalized spacial score (nSPS) is 10.3. The van der Waals surface area contributed by atoms with E-state index in [1.807, 2.05) is 61.5 Å². The van der Waals surface area contributed by atoms with Crippen LogP contribution in [0, 0.1) is 6.92 Å². The van der Waals surface area contributed by atoms with E-state index in [4.69, 9.17) is 0 Å². The Kier molecular flexibility index (Phi) is 5.42. The topological polar surface area (TPSA) is 54.0 Å². The molecule has 4 heteroatoms. The lowest BCUT2D eigenvalue weighted by Gasteiger charge is -2.08. The van der Waals surface area contributed by atoms with Gasteiger partial charge in [0.25, 0.3) is 0 Å². The van der Waals surface area contributed by atoms with Gasteiger partial charge >= 0.3 is 0 Å². The van der Waals surface area contributed by atoms with Crippen molar-refractivity contribution in [3.63, 3.8) is 0 Å². The maximum absolute atomic E-state index is 12.1. The van der Waals surface area contributed by atoms with Crippen LogP contribution in [0.2, 0.25) is 0 Å². The summed E-state index contributed by atoms with van der Waals surface area (Å²) < 4.78 is 0. The highest BCUT2D eigenvalue weighted by molar-refractivity contribution is 5.91. The van der Waals surface area contributed by atoms with Crippen molar-refractivity contribution in [2.45, 2.75) is 19.9 Å². The number of nitrogens with zero attached hydrogens (tertiary/aromatic N) is 1. The van der Waals surface area contributed by atoms with E-state index >= 15 is 0 Å². The van der Waals surface area contributed by atoms with Gasteiger partial charge in [-0.15, -0.1) is 0 Å². The summed E-state index contributed by atoms with van der Waals surface area (Å²) in [4.78, 5) is 16.4. The molecule has 126 valence electrons. The molecule has 25 heavy (non-hydrogen) atoms. The van der Waals surface area contributed by atoms with Gasteiger partial charge in [-0.05, 0) is 30.2 Å². The Hall–Kier alpha value is -3.14. The third-order valence-electron chi connectivity index (χ3n) is 3.82. The fourth-order valence-corrected chi connectivity index (χ4v) is 2.57. The van der Waals surface area contributed by atoms with Gasteiger partial charge in [0.15, 0.2) is 0 Å². The van der Waals surface area contributed by atoms with Gasteiger partial charge in [0.05, 0.1) is 18.3 Å². The second-order valence-corrected chi connectivity index (χ2v) is 5.99. The molecule has 0 spiro atoms. The molecule has 0 bridgehead atoms. The van der Waals surface area contributed by atoms with Crippen LogP contribution in [0.3, 0.4) is 0 Å². The standard InChI is InChI=1S/C21H21N3O/c1-16-6-5-9-18(12-16)13-21(25)24-20-11-10-19(15-23-20)22-14-17-7-3-2-4-8-17/h2-12,15,22H,13-14H2,1H3,(H,23,24,25). The Balaban J connectivity index is 1.52. The van der Waals surface area contributed by atoms with Crippen molar-refractivity contribution in [1.82, 2.24) is 4.98 Å². The second kappa shape index (κ2) is 8.11. The van der Waals surface area contributed by atoms with E-state index in [1.165, 1.54) is 5.56 Å². The largest absolute Gasteiger partial charge is 0.380 e. The first-order chi connectivity index (χ1) is 12.2. The van der Waals surface area contributed by atoms with Gasteiger partial charge in [-0.25, -0.2) is 4.98 Å². The number of pyridine rings is 1. The number of hydrogen-bond donors (Lipinski definition) is 2. The van der Waals surface area contributed by atoms with Crippen LogP contribution in [0.5, 0.6) is 0 Å². The minimum atomic E-state index is -0.0666. The van der Waals surface area contributed by atoms with E-state index in [-0.39, 0.29) is 5.91 Å². The first kappa shape index (κ1) is 16.7. The molecule has 0 saturated heterocycles. The molecule has 0 fully saturated rings. The van der Waals surface area contributed by atoms with E-state index < -0.39 is 0 Å². The highest BCUT2D eigenvalue weighted by Gasteiger charge is 2.05. The van der Waals surface area contributed by atoms with Crippen LogP contribution in [-0.4, -0.2) is 10.9 Å². The number of rotatable bonds is 6. The smallest absolute Gasteiger partial charge is 0.229 e. The highest BCUT2D eigenvalue weighted by atomic mass is 16.1. The predicted octanol–water partition coefficient (Wildman–Crippen LogP) is 4.18. The fraction of sp³-hybridized carbons (Fsp3) is 0.143. The molecular formula is C21H21N3O. The van der Waals surface area contributed by atoms with Gasteiger partial charge in [0, 0.05) is 6.54 Å². The Bertz CT molecular complexity index is 829. The third-order valence-corrected chi connectivity index (χ3v) is 3.82. The van der Waals surface area contributed by atoms with Gasteiger partial charge in [-0.1, -0.05) is 60.2 Å². The quantitative estimate of drug-likeness (QED) is 0.712. The lowest BCUT2D eigenvalue weighted by atomic mass is 10.1. The zero-order valence-electron chi connectivity index (χ0n) is 14.2. The van der Waals surface area contributed by atoms with E-state index in [0.717, 1.165) is 23.4 Å². The zero-order valence-corrected chi connectivity index (χ0v) is 14.2. The molecule has 0 aliphatic carbocycles. The highest BCUT2D eigenvalue weighted by Crippen LogP contribution is 2.12. The number of nitrogens with one attached hydrogen (secondary N) is 2. The van der Waals surface area contributed by atoms with Crippen LogP contribution in [0.25, 0.3) is 0 Å². The Labute approximate surface area is 147 Å². The van der Waals surface area contributed by atoms with Crippen molar-refractivity contribution in [2.24, 2.45) is 0 Å². The molecule has 3 aromatic rings. The number of hydrogen-bond acceptors (Lipinski definition) is 3. The van der Waals surface area contributed by atoms with E-state index in [1.54, 1.807) is 6.20 Å². The molecule has 0 aliphatic heterocycles. The van der Waals surface area contributed by atoms with Crippen molar-refractivity contribution in [3.05, 3.63) is 89.6 Å². The lowest BCUT2D eigenvalue weighted by Crippen LogP contribution is -2.15. The van der Waals surface area contributed by atoms with Gasteiger partial charge in [-0.3, -0.25) is 4.79 Å². The number of aryl methyl sites for hydroxylation is 1. The molecule has 0 unspecified atom stereocenters. The third kappa shape index (κ3) is 5.18. The summed E-state index contributed by atoms with van der Waals surface area (Å²) in [7, 11) is 0. The number of carbonyl (C=O) groups excluding carboxylic acids is 1. The van der Waals surface area contributed by atoms with Crippen LogP contribution in [0.1, 0.15) is 16.7 Å². The first-order valence-corrected chi connectivity index (χ1v) is 8.28. The van der Waals surface area contributed by atoms with Gasteiger partial charge < -0.3 is 10.6 Å². The summed E-state index contributed by atoms with van der Waals surface area (Å²) in [5, 5.41) is 6.15. The maximum atomic E-state index is 12.1. The van der Waals surface area contributed by atoms with E-state index in [0.29, 0.717) is 12.2 Å². The summed E-state index contributed by atoms with van der Waals surface area (Å²) in [6.07, 6.45) is 2.07. The van der Waals surface area contributed by atoms with Crippen molar-refractivity contribution >= 4 is 17.4 Å². The molecular weight excluding hydrogens is 310 g/mol. The van der Waals surface area contributed by atoms with Gasteiger partial charge in [0.1, 0.15) is 5.82 Å². The van der Waals surface area contributed by atoms with Crippen LogP contribution in [0.4, 0.5) is 11.5 Å². The second-order valence-electron chi connectivity index (χ2n) is 5.99. The van der Waals surface area contributed by atoms with Gasteiger partial charge in [0.2, 0.25) is 5.91 Å². The lowest BCUT2D eigenvalue weighted by molar-refractivity contribution is -0.115. The number of benzene rings is 2. The molecule has 1 amide bonds. The molecule has 0 saturated carbocycles. The molecule has 4 nitrogen and oxygen atoms in total. The minimum Gasteiger partial charge on any atom is -0.380 e. The summed E-state index contributed by atoms with van der Waals surface area (Å²) in [6, 6.07) is 21.8. The molecule has 2 aromatic carbocycles. The average Bonchev–Trinajstić information content (AvgIpc) is 2.62. The molecule has 0 aliphatic rings. The van der Waals surface area contributed by atoms with Crippen molar-refractivity contribution < 1.29 is 4.79 Å². The molecule has 2 N–H and O–H groups in total. The SMILES string of the molecule is Cc1cccc(CC(=O)Nc2ccc(NCc3ccccc3)cn2)c1. The first-order valence-electron chi connectivity index (χ1n) is 8.28. The Morgan fingerprint density at radius 1 is 0.960 bits per heavy atom. The number of carbonyl (C=O) groups is 1. The Morgan fingerprint density at radius 2 is 1.76 bits per heavy atom. The van der Waals surface area contributed by atoms with Gasteiger partial charge in [-0.2, -0.15) is 0 Å². The van der Waals surface area contributed by atoms with Crippen LogP contribution >= 0.6 is 0 Å². The average molecular weight is 331 g/mol. The molecule has 3 rings (SSSR count). The fourth-order valence-electron chi connectivity index (χ4n) is 2.57. The summed E-state index contributed by atoms with van der Waals surface area (Å²) in [6.45, 7) is 2.76. The van der Waals surface area contributed by atoms with E-state index in [2.05, 4.69) is 27.8 Å². The van der Waals surface area contributed by atoms with Crippen molar-refractivity contribution in [3.8, 4) is 0 Å². The monoisotopic (exact) mass is 331 g/mol. The summed E-state index contributed by atoms with van der Waals surface area (Å²) in [5.74, 6) is 0.492. The summed E-state index contributed by atoms with van der Waals surface area (Å²) >= 11 is 0. The number of amides is 1.